The van der Waals surface area contributed by atoms with E-state index in [1.54, 1.807) is 6.92 Å². The molecule has 0 aliphatic heterocycles. The number of rotatable bonds is 9. The van der Waals surface area contributed by atoms with Crippen molar-refractivity contribution >= 4 is 21.7 Å². The molecule has 11 heteroatoms. The third-order valence-corrected chi connectivity index (χ3v) is 4.83. The molecule has 1 rings (SSSR count). The SMILES string of the molecule is CCCS(=O)(=O)CC(=O)NC(CC(=O)O)c1ccc(OC(F)(F)F)cc1. The number of nitrogens with one attached hydrogen (secondary N) is 1. The highest BCUT2D eigenvalue weighted by Crippen LogP contribution is 2.25. The summed E-state index contributed by atoms with van der Waals surface area (Å²) in [7, 11) is -3.62. The first kappa shape index (κ1) is 21.7. The van der Waals surface area contributed by atoms with Gasteiger partial charge < -0.3 is 15.2 Å². The van der Waals surface area contributed by atoms with Crippen molar-refractivity contribution in [1.29, 1.82) is 0 Å². The van der Waals surface area contributed by atoms with E-state index in [9.17, 15) is 31.2 Å². The first-order valence-corrected chi connectivity index (χ1v) is 9.31. The predicted molar refractivity (Wildman–Crippen MR) is 85.2 cm³/mol. The number of hydrogen-bond acceptors (Lipinski definition) is 5. The molecular formula is C15H18F3NO6S. The number of amides is 1. The standard InChI is InChI=1S/C15H18F3NO6S/c1-2-7-26(23,24)9-13(20)19-12(8-14(21)22)10-3-5-11(6-4-10)25-15(16,17)18/h3-6,12H,2,7-9H2,1H3,(H,19,20)(H,21,22). The van der Waals surface area contributed by atoms with E-state index in [4.69, 9.17) is 5.11 Å². The van der Waals surface area contributed by atoms with Gasteiger partial charge in [0.1, 0.15) is 11.5 Å². The molecule has 1 aromatic rings. The number of carboxylic acids is 1. The fraction of sp³-hybridized carbons (Fsp3) is 0.467. The number of hydrogen-bond donors (Lipinski definition) is 2. The molecule has 0 radical (unpaired) electrons. The van der Waals surface area contributed by atoms with Crippen LogP contribution in [0, 0.1) is 0 Å². The lowest BCUT2D eigenvalue weighted by Crippen LogP contribution is -2.35. The summed E-state index contributed by atoms with van der Waals surface area (Å²) >= 11 is 0. The van der Waals surface area contributed by atoms with Gasteiger partial charge >= 0.3 is 12.3 Å². The van der Waals surface area contributed by atoms with E-state index in [1.807, 2.05) is 0 Å². The summed E-state index contributed by atoms with van der Waals surface area (Å²) in [6.07, 6.45) is -5.11. The first-order chi connectivity index (χ1) is 11.9. The number of carboxylic acid groups (broad SMARTS) is 1. The molecule has 26 heavy (non-hydrogen) atoms. The Bertz CT molecular complexity index is 731. The monoisotopic (exact) mass is 397 g/mol. The van der Waals surface area contributed by atoms with Crippen LogP contribution in [-0.2, 0) is 19.4 Å². The number of ether oxygens (including phenoxy) is 1. The molecule has 146 valence electrons. The third-order valence-electron chi connectivity index (χ3n) is 3.10. The maximum Gasteiger partial charge on any atom is 0.573 e. The molecule has 2 N–H and O–H groups in total. The van der Waals surface area contributed by atoms with Crippen molar-refractivity contribution < 1.29 is 41.0 Å². The molecule has 1 amide bonds. The molecule has 0 heterocycles. The minimum absolute atomic E-state index is 0.187. The summed E-state index contributed by atoms with van der Waals surface area (Å²) in [5.74, 6) is -3.66. The van der Waals surface area contributed by atoms with E-state index in [2.05, 4.69) is 10.1 Å². The predicted octanol–water partition coefficient (Wildman–Crippen LogP) is 2.04. The third kappa shape index (κ3) is 8.19. The molecule has 1 unspecified atom stereocenters. The summed E-state index contributed by atoms with van der Waals surface area (Å²) < 4.78 is 63.5. The lowest BCUT2D eigenvalue weighted by atomic mass is 10.0. The number of benzene rings is 1. The normalized spacial score (nSPS) is 13.1. The van der Waals surface area contributed by atoms with Gasteiger partial charge in [0.05, 0.1) is 18.2 Å². The average molecular weight is 397 g/mol. The number of carbonyl (C=O) groups excluding carboxylic acids is 1. The highest BCUT2D eigenvalue weighted by molar-refractivity contribution is 7.92. The van der Waals surface area contributed by atoms with Crippen LogP contribution in [0.5, 0.6) is 5.75 Å². The van der Waals surface area contributed by atoms with Gasteiger partial charge in [0, 0.05) is 0 Å². The van der Waals surface area contributed by atoms with Gasteiger partial charge in [-0.15, -0.1) is 13.2 Å². The molecule has 7 nitrogen and oxygen atoms in total. The van der Waals surface area contributed by atoms with Crippen LogP contribution in [0.15, 0.2) is 24.3 Å². The smallest absolute Gasteiger partial charge is 0.481 e. The van der Waals surface area contributed by atoms with Crippen LogP contribution in [-0.4, -0.2) is 43.3 Å². The zero-order valence-corrected chi connectivity index (χ0v) is 14.6. The number of sulfone groups is 1. The van der Waals surface area contributed by atoms with Gasteiger partial charge in [-0.2, -0.15) is 0 Å². The molecule has 1 aromatic carbocycles. The number of carbonyl (C=O) groups is 2. The Hall–Kier alpha value is -2.30. The summed E-state index contributed by atoms with van der Waals surface area (Å²) in [6, 6.07) is 3.16. The molecule has 0 fully saturated rings. The van der Waals surface area contributed by atoms with Crippen LogP contribution in [0.3, 0.4) is 0 Å². The molecular weight excluding hydrogens is 379 g/mol. The summed E-state index contributed by atoms with van der Waals surface area (Å²) in [4.78, 5) is 22.9. The molecule has 0 spiro atoms. The molecule has 0 bridgehead atoms. The first-order valence-electron chi connectivity index (χ1n) is 7.49. The average Bonchev–Trinajstić information content (AvgIpc) is 2.44. The van der Waals surface area contributed by atoms with E-state index in [-0.39, 0.29) is 11.3 Å². The zero-order valence-electron chi connectivity index (χ0n) is 13.7. The van der Waals surface area contributed by atoms with Crippen LogP contribution >= 0.6 is 0 Å². The second-order valence-corrected chi connectivity index (χ2v) is 7.61. The van der Waals surface area contributed by atoms with Crippen LogP contribution in [0.4, 0.5) is 13.2 Å². The highest BCUT2D eigenvalue weighted by atomic mass is 32.2. The lowest BCUT2D eigenvalue weighted by Gasteiger charge is -2.18. The molecule has 0 aromatic heterocycles. The van der Waals surface area contributed by atoms with Gasteiger partial charge in [0.2, 0.25) is 5.91 Å². The van der Waals surface area contributed by atoms with Crippen molar-refractivity contribution in [3.05, 3.63) is 29.8 Å². The summed E-state index contributed by atoms with van der Waals surface area (Å²) in [6.45, 7) is 1.63. The van der Waals surface area contributed by atoms with Crippen molar-refractivity contribution in [3.8, 4) is 5.75 Å². The summed E-state index contributed by atoms with van der Waals surface area (Å²) in [5, 5.41) is 11.2. The fourth-order valence-electron chi connectivity index (χ4n) is 2.15. The quantitative estimate of drug-likeness (QED) is 0.660. The second kappa shape index (κ2) is 8.88. The van der Waals surface area contributed by atoms with Gasteiger partial charge in [-0.1, -0.05) is 19.1 Å². The Labute approximate surface area is 148 Å². The Kier molecular flexibility index (Phi) is 7.42. The minimum atomic E-state index is -4.87. The van der Waals surface area contributed by atoms with E-state index in [0.717, 1.165) is 24.3 Å². The van der Waals surface area contributed by atoms with Crippen LogP contribution in [0.1, 0.15) is 31.4 Å². The highest BCUT2D eigenvalue weighted by Gasteiger charge is 2.31. The van der Waals surface area contributed by atoms with Crippen molar-refractivity contribution in [3.63, 3.8) is 0 Å². The Balaban J connectivity index is 2.90. The molecule has 0 saturated carbocycles. The minimum Gasteiger partial charge on any atom is -0.481 e. The summed E-state index contributed by atoms with van der Waals surface area (Å²) in [5.41, 5.74) is 0.197. The van der Waals surface area contributed by atoms with Gasteiger partial charge in [-0.05, 0) is 24.1 Å². The van der Waals surface area contributed by atoms with E-state index >= 15 is 0 Å². The van der Waals surface area contributed by atoms with Gasteiger partial charge in [-0.3, -0.25) is 9.59 Å². The van der Waals surface area contributed by atoms with E-state index < -0.39 is 52.0 Å². The number of aliphatic carboxylic acids is 1. The van der Waals surface area contributed by atoms with Crippen molar-refractivity contribution in [2.24, 2.45) is 0 Å². The molecule has 0 aliphatic carbocycles. The molecule has 1 atom stereocenters. The zero-order chi connectivity index (χ0) is 20.0. The Morgan fingerprint density at radius 2 is 1.81 bits per heavy atom. The van der Waals surface area contributed by atoms with Crippen LogP contribution in [0.2, 0.25) is 0 Å². The second-order valence-electron chi connectivity index (χ2n) is 5.43. The number of halogens is 3. The van der Waals surface area contributed by atoms with E-state index in [0.29, 0.717) is 6.42 Å². The fourth-order valence-corrected chi connectivity index (χ4v) is 3.40. The van der Waals surface area contributed by atoms with Gasteiger partial charge in [-0.25, -0.2) is 8.42 Å². The van der Waals surface area contributed by atoms with Crippen LogP contribution < -0.4 is 10.1 Å². The maximum absolute atomic E-state index is 12.2. The van der Waals surface area contributed by atoms with Crippen LogP contribution in [0.25, 0.3) is 0 Å². The molecule has 0 saturated heterocycles. The van der Waals surface area contributed by atoms with E-state index in [1.165, 1.54) is 0 Å². The van der Waals surface area contributed by atoms with Gasteiger partial charge in [0.15, 0.2) is 9.84 Å². The van der Waals surface area contributed by atoms with Crippen molar-refractivity contribution in [1.82, 2.24) is 5.32 Å². The van der Waals surface area contributed by atoms with Crippen molar-refractivity contribution in [2.45, 2.75) is 32.2 Å². The number of alkyl halides is 3. The largest absolute Gasteiger partial charge is 0.573 e. The maximum atomic E-state index is 12.2. The van der Waals surface area contributed by atoms with Crippen molar-refractivity contribution in [2.75, 3.05) is 11.5 Å². The lowest BCUT2D eigenvalue weighted by molar-refractivity contribution is -0.274. The topological polar surface area (TPSA) is 110 Å². The van der Waals surface area contributed by atoms with Gasteiger partial charge in [0.25, 0.3) is 0 Å². The Morgan fingerprint density at radius 3 is 2.27 bits per heavy atom. The molecule has 0 aliphatic rings. The Morgan fingerprint density at radius 1 is 1.23 bits per heavy atom.